The molecule has 0 fully saturated rings. The predicted molar refractivity (Wildman–Crippen MR) is 288 cm³/mol. The highest BCUT2D eigenvalue weighted by Gasteiger charge is 2.17. The van der Waals surface area contributed by atoms with Crippen LogP contribution in [0.1, 0.15) is 278 Å². The van der Waals surface area contributed by atoms with Gasteiger partial charge in [-0.25, -0.2) is 0 Å². The molecule has 1 unspecified atom stereocenters. The third-order valence-corrected chi connectivity index (χ3v) is 12.3. The zero-order valence-corrected chi connectivity index (χ0v) is 44.0. The zero-order valence-electron chi connectivity index (χ0n) is 44.0. The largest absolute Gasteiger partial charge is 0.462 e. The molecule has 1 atom stereocenters. The summed E-state index contributed by atoms with van der Waals surface area (Å²) in [5.74, 6) is -0.481. The van der Waals surface area contributed by atoms with E-state index >= 15 is 0 Å². The van der Waals surface area contributed by atoms with Crippen molar-refractivity contribution in [3.05, 3.63) is 72.9 Å². The average Bonchev–Trinajstić information content (AvgIpc) is 3.32. The maximum Gasteiger partial charge on any atom is 0.306 e. The van der Waals surface area contributed by atoms with Crippen LogP contribution in [-0.4, -0.2) is 37.9 Å². The Morgan fingerprint density at radius 2 is 0.682 bits per heavy atom. The van der Waals surface area contributed by atoms with Gasteiger partial charge in [0.1, 0.15) is 6.61 Å². The first kappa shape index (κ1) is 63.3. The Morgan fingerprint density at radius 3 is 1.06 bits per heavy atom. The molecule has 0 aliphatic carbocycles. The quantitative estimate of drug-likeness (QED) is 0.0346. The molecule has 0 aromatic heterocycles. The minimum Gasteiger partial charge on any atom is -0.462 e. The summed E-state index contributed by atoms with van der Waals surface area (Å²) >= 11 is 0. The molecule has 5 heteroatoms. The molecule has 0 saturated carbocycles. The minimum absolute atomic E-state index is 0.0477. The van der Waals surface area contributed by atoms with Crippen LogP contribution in [0.15, 0.2) is 72.9 Å². The lowest BCUT2D eigenvalue weighted by Gasteiger charge is -2.18. The van der Waals surface area contributed by atoms with Gasteiger partial charge in [-0.15, -0.1) is 0 Å². The summed E-state index contributed by atoms with van der Waals surface area (Å²) in [5, 5.41) is 0. The predicted octanol–water partition coefficient (Wildman–Crippen LogP) is 19.5. The Hall–Kier alpha value is -2.66. The molecule has 66 heavy (non-hydrogen) atoms. The molecular formula is C61H108O5. The normalized spacial score (nSPS) is 12.7. The van der Waals surface area contributed by atoms with E-state index in [9.17, 15) is 9.59 Å². The molecule has 0 bridgehead atoms. The molecule has 0 radical (unpaired) electrons. The first-order valence-corrected chi connectivity index (χ1v) is 28.5. The van der Waals surface area contributed by atoms with Crippen LogP contribution < -0.4 is 0 Å². The summed E-state index contributed by atoms with van der Waals surface area (Å²) in [7, 11) is 0. The SMILES string of the molecule is CC/C=C\C/C=C\C/C=C\C/C=C\C/C=C\C/C=C\CCC(=O)OCC(COCCCCCCCCCCCCCCCC)OC(=O)CCCCCCCCCCCCCCCCCCC. The summed E-state index contributed by atoms with van der Waals surface area (Å²) in [4.78, 5) is 25.5. The number of rotatable bonds is 52. The summed E-state index contributed by atoms with van der Waals surface area (Å²) < 4.78 is 17.4. The van der Waals surface area contributed by atoms with Crippen molar-refractivity contribution in [1.82, 2.24) is 0 Å². The van der Waals surface area contributed by atoms with Crippen LogP contribution in [0, 0.1) is 0 Å². The molecule has 0 aromatic rings. The lowest BCUT2D eigenvalue weighted by molar-refractivity contribution is -0.162. The van der Waals surface area contributed by atoms with Crippen molar-refractivity contribution in [3.8, 4) is 0 Å². The van der Waals surface area contributed by atoms with Gasteiger partial charge in [0.05, 0.1) is 6.61 Å². The highest BCUT2D eigenvalue weighted by atomic mass is 16.6. The standard InChI is InChI=1S/C61H108O5/c1-4-7-10-13-16-19-22-25-28-30-31-33-34-36-39-42-45-48-51-54-60(62)65-58-59(57-64-56-53-50-47-44-41-38-27-24-21-18-15-12-9-6-3)66-61(63)55-52-49-46-43-40-37-35-32-29-26-23-20-17-14-11-8-5-2/h7,10,16,19,25,28,31,33,36,39,45,48,59H,4-6,8-9,11-15,17-18,20-24,26-27,29-30,32,34-35,37-38,40-44,46-47,49-58H2,1-3H3/b10-7-,19-16-,28-25-,33-31-,39-36-,48-45-. The van der Waals surface area contributed by atoms with E-state index in [4.69, 9.17) is 14.2 Å². The molecule has 0 spiro atoms. The van der Waals surface area contributed by atoms with E-state index in [1.54, 1.807) is 0 Å². The Morgan fingerprint density at radius 1 is 0.348 bits per heavy atom. The van der Waals surface area contributed by atoms with Crippen molar-refractivity contribution in [2.24, 2.45) is 0 Å². The highest BCUT2D eigenvalue weighted by Crippen LogP contribution is 2.16. The van der Waals surface area contributed by atoms with E-state index in [1.165, 1.54) is 173 Å². The zero-order chi connectivity index (χ0) is 47.7. The molecule has 0 aromatic carbocycles. The first-order valence-electron chi connectivity index (χ1n) is 28.5. The fraction of sp³-hybridized carbons (Fsp3) is 0.770. The van der Waals surface area contributed by atoms with Gasteiger partial charge < -0.3 is 14.2 Å². The Bertz CT molecular complexity index is 1180. The van der Waals surface area contributed by atoms with Crippen LogP contribution in [0.3, 0.4) is 0 Å². The smallest absolute Gasteiger partial charge is 0.306 e. The highest BCUT2D eigenvalue weighted by molar-refractivity contribution is 5.70. The number of carbonyl (C=O) groups excluding carboxylic acids is 2. The molecule has 5 nitrogen and oxygen atoms in total. The topological polar surface area (TPSA) is 61.8 Å². The van der Waals surface area contributed by atoms with Crippen LogP contribution in [0.25, 0.3) is 0 Å². The van der Waals surface area contributed by atoms with Gasteiger partial charge in [-0.1, -0.05) is 280 Å². The van der Waals surface area contributed by atoms with Crippen LogP contribution in [-0.2, 0) is 23.8 Å². The van der Waals surface area contributed by atoms with Crippen molar-refractivity contribution in [1.29, 1.82) is 0 Å². The van der Waals surface area contributed by atoms with Gasteiger partial charge in [0.2, 0.25) is 0 Å². The summed E-state index contributed by atoms with van der Waals surface area (Å²) in [6.07, 6.45) is 73.6. The second-order valence-corrected chi connectivity index (χ2v) is 18.8. The molecule has 0 aliphatic heterocycles. The fourth-order valence-electron chi connectivity index (χ4n) is 8.07. The third-order valence-electron chi connectivity index (χ3n) is 12.3. The lowest BCUT2D eigenvalue weighted by Crippen LogP contribution is -2.30. The lowest BCUT2D eigenvalue weighted by atomic mass is 10.0. The molecule has 0 saturated heterocycles. The van der Waals surface area contributed by atoms with E-state index in [0.29, 0.717) is 25.9 Å². The van der Waals surface area contributed by atoms with E-state index in [-0.39, 0.29) is 25.2 Å². The summed E-state index contributed by atoms with van der Waals surface area (Å²) in [6, 6.07) is 0. The van der Waals surface area contributed by atoms with Crippen LogP contribution in [0.2, 0.25) is 0 Å². The molecule has 0 N–H and O–H groups in total. The molecular weight excluding hydrogens is 813 g/mol. The number of unbranched alkanes of at least 4 members (excludes halogenated alkanes) is 29. The molecule has 0 aliphatic rings. The Balaban J connectivity index is 4.35. The average molecular weight is 922 g/mol. The van der Waals surface area contributed by atoms with E-state index < -0.39 is 6.10 Å². The monoisotopic (exact) mass is 921 g/mol. The van der Waals surface area contributed by atoms with E-state index in [2.05, 4.69) is 87.6 Å². The molecule has 0 heterocycles. The summed E-state index contributed by atoms with van der Waals surface area (Å²) in [5.41, 5.74) is 0. The minimum atomic E-state index is -0.565. The van der Waals surface area contributed by atoms with Crippen molar-refractivity contribution >= 4 is 11.9 Å². The van der Waals surface area contributed by atoms with Gasteiger partial charge >= 0.3 is 11.9 Å². The third kappa shape index (κ3) is 54.0. The molecule has 0 amide bonds. The second-order valence-electron chi connectivity index (χ2n) is 18.8. The number of carbonyl (C=O) groups is 2. The van der Waals surface area contributed by atoms with E-state index in [1.807, 2.05) is 6.08 Å². The number of esters is 2. The van der Waals surface area contributed by atoms with Gasteiger partial charge in [0.25, 0.3) is 0 Å². The number of allylic oxidation sites excluding steroid dienone is 12. The van der Waals surface area contributed by atoms with Gasteiger partial charge in [-0.2, -0.15) is 0 Å². The van der Waals surface area contributed by atoms with E-state index in [0.717, 1.165) is 64.2 Å². The van der Waals surface area contributed by atoms with Crippen molar-refractivity contribution in [2.75, 3.05) is 19.8 Å². The maximum atomic E-state index is 12.8. The van der Waals surface area contributed by atoms with Gasteiger partial charge in [0.15, 0.2) is 6.10 Å². The number of hydrogen-bond acceptors (Lipinski definition) is 5. The van der Waals surface area contributed by atoms with Crippen molar-refractivity contribution in [2.45, 2.75) is 284 Å². The second kappa shape index (κ2) is 56.7. The van der Waals surface area contributed by atoms with Gasteiger partial charge in [-0.05, 0) is 57.8 Å². The maximum absolute atomic E-state index is 12.8. The number of hydrogen-bond donors (Lipinski definition) is 0. The van der Waals surface area contributed by atoms with Gasteiger partial charge in [0, 0.05) is 19.4 Å². The van der Waals surface area contributed by atoms with Crippen molar-refractivity contribution < 1.29 is 23.8 Å². The van der Waals surface area contributed by atoms with Crippen molar-refractivity contribution in [3.63, 3.8) is 0 Å². The summed E-state index contributed by atoms with van der Waals surface area (Å²) in [6.45, 7) is 7.68. The van der Waals surface area contributed by atoms with Crippen LogP contribution >= 0.6 is 0 Å². The first-order chi connectivity index (χ1) is 32.6. The van der Waals surface area contributed by atoms with Crippen LogP contribution in [0.5, 0.6) is 0 Å². The van der Waals surface area contributed by atoms with Gasteiger partial charge in [-0.3, -0.25) is 9.59 Å². The molecule has 0 rings (SSSR count). The van der Waals surface area contributed by atoms with Crippen LogP contribution in [0.4, 0.5) is 0 Å². The fourth-order valence-corrected chi connectivity index (χ4v) is 8.07. The Kier molecular flexibility index (Phi) is 54.4. The Labute approximate surface area is 410 Å². The number of ether oxygens (including phenoxy) is 3. The molecule has 382 valence electrons.